The number of halogens is 3. The molecule has 106 valence electrons. The minimum absolute atomic E-state index is 0.0301. The molecule has 1 aromatic heterocycles. The van der Waals surface area contributed by atoms with E-state index in [2.05, 4.69) is 14.5 Å². The van der Waals surface area contributed by atoms with Crippen molar-refractivity contribution in [3.8, 4) is 5.75 Å². The maximum Gasteiger partial charge on any atom is 0.573 e. The molecule has 0 aromatic carbocycles. The zero-order valence-corrected chi connectivity index (χ0v) is 10.4. The number of nitrogens with zero attached hydrogens (tertiary/aromatic N) is 1. The lowest BCUT2D eigenvalue weighted by atomic mass is 10.1. The molecule has 8 heteroatoms. The van der Waals surface area contributed by atoms with E-state index in [0.717, 1.165) is 6.07 Å². The molecule has 0 saturated carbocycles. The van der Waals surface area contributed by atoms with Gasteiger partial charge in [-0.3, -0.25) is 4.98 Å². The number of esters is 1. The summed E-state index contributed by atoms with van der Waals surface area (Å²) in [7, 11) is 0. The minimum Gasteiger partial charge on any atom is -0.462 e. The van der Waals surface area contributed by atoms with Crippen molar-refractivity contribution in [2.45, 2.75) is 26.8 Å². The topological polar surface area (TPSA) is 74.4 Å². The van der Waals surface area contributed by atoms with Crippen LogP contribution in [0.2, 0.25) is 0 Å². The molecule has 1 aromatic rings. The van der Waals surface area contributed by atoms with Crippen molar-refractivity contribution in [2.75, 3.05) is 6.61 Å². The highest BCUT2D eigenvalue weighted by molar-refractivity contribution is 5.93. The molecule has 0 aliphatic rings. The van der Waals surface area contributed by atoms with Gasteiger partial charge in [0.15, 0.2) is 0 Å². The van der Waals surface area contributed by atoms with Gasteiger partial charge in [0.2, 0.25) is 0 Å². The monoisotopic (exact) mass is 278 g/mol. The van der Waals surface area contributed by atoms with Crippen LogP contribution in [0.4, 0.5) is 13.2 Å². The summed E-state index contributed by atoms with van der Waals surface area (Å²) in [6, 6.07) is 0.979. The zero-order chi connectivity index (χ0) is 14.6. The van der Waals surface area contributed by atoms with Gasteiger partial charge in [-0.2, -0.15) is 0 Å². The number of carbonyl (C=O) groups excluding carboxylic acids is 1. The summed E-state index contributed by atoms with van der Waals surface area (Å²) >= 11 is 0. The highest BCUT2D eigenvalue weighted by atomic mass is 19.4. The average Bonchev–Trinajstić information content (AvgIpc) is 2.26. The minimum atomic E-state index is -4.92. The zero-order valence-electron chi connectivity index (χ0n) is 10.4. The van der Waals surface area contributed by atoms with Crippen LogP contribution in [-0.2, 0) is 11.3 Å². The maximum atomic E-state index is 12.3. The van der Waals surface area contributed by atoms with Gasteiger partial charge in [-0.1, -0.05) is 0 Å². The third-order valence-corrected chi connectivity index (χ3v) is 2.13. The van der Waals surface area contributed by atoms with E-state index in [0.29, 0.717) is 0 Å². The Morgan fingerprint density at radius 1 is 1.47 bits per heavy atom. The number of nitrogens with two attached hydrogens (primary N) is 1. The van der Waals surface area contributed by atoms with Gasteiger partial charge in [-0.05, 0) is 13.8 Å². The molecule has 0 aliphatic heterocycles. The number of aryl methyl sites for hydroxylation is 1. The Bertz CT molecular complexity index is 475. The van der Waals surface area contributed by atoms with Gasteiger partial charge in [-0.15, -0.1) is 13.2 Å². The fourth-order valence-electron chi connectivity index (χ4n) is 1.47. The van der Waals surface area contributed by atoms with Crippen molar-refractivity contribution in [3.05, 3.63) is 23.0 Å². The second kappa shape index (κ2) is 5.87. The van der Waals surface area contributed by atoms with Gasteiger partial charge in [0.05, 0.1) is 18.0 Å². The van der Waals surface area contributed by atoms with Crippen LogP contribution in [0.25, 0.3) is 0 Å². The van der Waals surface area contributed by atoms with Crippen molar-refractivity contribution in [1.29, 1.82) is 0 Å². The van der Waals surface area contributed by atoms with Crippen LogP contribution in [0.5, 0.6) is 5.75 Å². The lowest BCUT2D eigenvalue weighted by molar-refractivity contribution is -0.274. The molecule has 0 fully saturated rings. The van der Waals surface area contributed by atoms with Crippen LogP contribution in [0.15, 0.2) is 6.07 Å². The van der Waals surface area contributed by atoms with E-state index in [1.807, 2.05) is 0 Å². The van der Waals surface area contributed by atoms with E-state index < -0.39 is 18.1 Å². The van der Waals surface area contributed by atoms with Crippen LogP contribution < -0.4 is 10.5 Å². The molecular formula is C11H13F3N2O3. The molecule has 0 bridgehead atoms. The van der Waals surface area contributed by atoms with Crippen LogP contribution in [0.1, 0.15) is 28.7 Å². The van der Waals surface area contributed by atoms with Gasteiger partial charge in [0.1, 0.15) is 11.3 Å². The lowest BCUT2D eigenvalue weighted by Gasteiger charge is -2.15. The predicted molar refractivity (Wildman–Crippen MR) is 59.5 cm³/mol. The Kier molecular flexibility index (Phi) is 4.71. The molecule has 5 nitrogen and oxygen atoms in total. The number of hydrogen-bond donors (Lipinski definition) is 1. The van der Waals surface area contributed by atoms with Crippen molar-refractivity contribution in [3.63, 3.8) is 0 Å². The highest BCUT2D eigenvalue weighted by Gasteiger charge is 2.34. The lowest BCUT2D eigenvalue weighted by Crippen LogP contribution is -2.21. The van der Waals surface area contributed by atoms with Crippen molar-refractivity contribution in [1.82, 2.24) is 4.98 Å². The van der Waals surface area contributed by atoms with Crippen molar-refractivity contribution < 1.29 is 27.4 Å². The quantitative estimate of drug-likeness (QED) is 0.852. The average molecular weight is 278 g/mol. The van der Waals surface area contributed by atoms with Gasteiger partial charge in [0.25, 0.3) is 0 Å². The Hall–Kier alpha value is -1.83. The molecule has 0 saturated heterocycles. The first-order valence-corrected chi connectivity index (χ1v) is 5.42. The van der Waals surface area contributed by atoms with Gasteiger partial charge in [0, 0.05) is 12.6 Å². The first kappa shape index (κ1) is 15.2. The molecule has 19 heavy (non-hydrogen) atoms. The van der Waals surface area contributed by atoms with E-state index in [1.165, 1.54) is 6.92 Å². The summed E-state index contributed by atoms with van der Waals surface area (Å²) in [6.07, 6.45) is -4.92. The molecule has 0 spiro atoms. The largest absolute Gasteiger partial charge is 0.573 e. The first-order valence-electron chi connectivity index (χ1n) is 5.42. The van der Waals surface area contributed by atoms with Gasteiger partial charge in [-0.25, -0.2) is 4.79 Å². The Morgan fingerprint density at radius 2 is 2.11 bits per heavy atom. The summed E-state index contributed by atoms with van der Waals surface area (Å²) in [5.41, 5.74) is 5.23. The highest BCUT2D eigenvalue weighted by Crippen LogP contribution is 2.29. The third-order valence-electron chi connectivity index (χ3n) is 2.13. The van der Waals surface area contributed by atoms with E-state index in [4.69, 9.17) is 5.73 Å². The molecule has 0 aliphatic carbocycles. The smallest absolute Gasteiger partial charge is 0.462 e. The number of rotatable bonds is 4. The molecule has 0 atom stereocenters. The van der Waals surface area contributed by atoms with Crippen LogP contribution in [0, 0.1) is 6.92 Å². The predicted octanol–water partition coefficient (Wildman–Crippen LogP) is 1.92. The second-order valence-electron chi connectivity index (χ2n) is 3.54. The molecular weight excluding hydrogens is 265 g/mol. The van der Waals surface area contributed by atoms with Crippen LogP contribution in [-0.4, -0.2) is 23.9 Å². The number of ether oxygens (including phenoxy) is 2. The molecule has 0 radical (unpaired) electrons. The van der Waals surface area contributed by atoms with Gasteiger partial charge >= 0.3 is 12.3 Å². The number of carbonyl (C=O) groups is 1. The van der Waals surface area contributed by atoms with Gasteiger partial charge < -0.3 is 15.2 Å². The standard InChI is InChI=1S/C11H13F3N2O3/c1-3-18-10(17)9-6(2)16-7(5-15)4-8(9)19-11(12,13)14/h4H,3,5,15H2,1-2H3. The van der Waals surface area contributed by atoms with E-state index in [1.54, 1.807) is 6.92 Å². The molecule has 1 heterocycles. The Morgan fingerprint density at radius 3 is 2.58 bits per heavy atom. The summed E-state index contributed by atoms with van der Waals surface area (Å²) in [5.74, 6) is -1.57. The van der Waals surface area contributed by atoms with Crippen LogP contribution >= 0.6 is 0 Å². The van der Waals surface area contributed by atoms with Crippen molar-refractivity contribution >= 4 is 5.97 Å². The number of hydrogen-bond acceptors (Lipinski definition) is 5. The second-order valence-corrected chi connectivity index (χ2v) is 3.54. The number of alkyl halides is 3. The SMILES string of the molecule is CCOC(=O)c1c(OC(F)(F)F)cc(CN)nc1C. The normalized spacial score (nSPS) is 11.3. The Labute approximate surface area is 107 Å². The molecule has 0 amide bonds. The summed E-state index contributed by atoms with van der Waals surface area (Å²) in [5, 5.41) is 0. The summed E-state index contributed by atoms with van der Waals surface area (Å²) in [4.78, 5) is 15.5. The number of pyridine rings is 1. The van der Waals surface area contributed by atoms with Crippen molar-refractivity contribution in [2.24, 2.45) is 5.73 Å². The molecule has 0 unspecified atom stereocenters. The van der Waals surface area contributed by atoms with Crippen LogP contribution in [0.3, 0.4) is 0 Å². The van der Waals surface area contributed by atoms with E-state index in [-0.39, 0.29) is 30.1 Å². The number of aromatic nitrogens is 1. The van der Waals surface area contributed by atoms with E-state index in [9.17, 15) is 18.0 Å². The fraction of sp³-hybridized carbons (Fsp3) is 0.455. The summed E-state index contributed by atoms with van der Waals surface area (Å²) in [6.45, 7) is 2.88. The maximum absolute atomic E-state index is 12.3. The molecule has 1 rings (SSSR count). The summed E-state index contributed by atoms with van der Waals surface area (Å²) < 4.78 is 45.4. The van der Waals surface area contributed by atoms with E-state index >= 15 is 0 Å². The fourth-order valence-corrected chi connectivity index (χ4v) is 1.47. The molecule has 2 N–H and O–H groups in total. The third kappa shape index (κ3) is 4.09. The first-order chi connectivity index (χ1) is 8.78. The Balaban J connectivity index is 3.29.